The van der Waals surface area contributed by atoms with Gasteiger partial charge in [-0.1, -0.05) is 0 Å². The van der Waals surface area contributed by atoms with Crippen molar-refractivity contribution in [3.8, 4) is 0 Å². The van der Waals surface area contributed by atoms with Gasteiger partial charge in [-0.05, 0) is 0 Å². The van der Waals surface area contributed by atoms with Crippen LogP contribution in [0.1, 0.15) is 32.1 Å². The quantitative estimate of drug-likeness (QED) is 0.865. The van der Waals surface area contributed by atoms with Crippen molar-refractivity contribution in [2.24, 2.45) is 5.92 Å². The predicted octanol–water partition coefficient (Wildman–Crippen LogP) is 2.85. The van der Waals surface area contributed by atoms with Crippen LogP contribution in [0, 0.1) is 5.92 Å². The summed E-state index contributed by atoms with van der Waals surface area (Å²) >= 11 is 2.79. The summed E-state index contributed by atoms with van der Waals surface area (Å²) in [5.74, 6) is 1.90. The molecule has 2 fully saturated rings. The van der Waals surface area contributed by atoms with Gasteiger partial charge in [0.05, 0.1) is 0 Å². The second-order valence-corrected chi connectivity index (χ2v) is 7.35. The molecule has 2 radical (unpaired) electrons. The zero-order chi connectivity index (χ0) is 13.1. The van der Waals surface area contributed by atoms with Crippen molar-refractivity contribution in [1.29, 1.82) is 0 Å². The molecule has 1 aromatic heterocycles. The van der Waals surface area contributed by atoms with Gasteiger partial charge in [0.25, 0.3) is 0 Å². The van der Waals surface area contributed by atoms with Gasteiger partial charge < -0.3 is 0 Å². The van der Waals surface area contributed by atoms with E-state index in [1.54, 1.807) is 0 Å². The number of aromatic nitrogens is 1. The summed E-state index contributed by atoms with van der Waals surface area (Å²) in [6.07, 6.45) is 8.80. The van der Waals surface area contributed by atoms with E-state index >= 15 is 0 Å². The Kier molecular flexibility index (Phi) is 4.32. The molecule has 4 heteroatoms. The van der Waals surface area contributed by atoms with Gasteiger partial charge in [0.2, 0.25) is 0 Å². The minimum absolute atomic E-state index is 0.760. The van der Waals surface area contributed by atoms with Gasteiger partial charge in [0, 0.05) is 0 Å². The molecule has 3 nitrogen and oxygen atoms in total. The van der Waals surface area contributed by atoms with Crippen molar-refractivity contribution in [1.82, 2.24) is 4.98 Å². The van der Waals surface area contributed by atoms with Crippen LogP contribution in [0.3, 0.4) is 0 Å². The van der Waals surface area contributed by atoms with Gasteiger partial charge in [-0.25, -0.2) is 0 Å². The van der Waals surface area contributed by atoms with E-state index < -0.39 is 0 Å². The van der Waals surface area contributed by atoms with Gasteiger partial charge in [-0.15, -0.1) is 0 Å². The average molecular weight is 319 g/mol. The van der Waals surface area contributed by atoms with E-state index in [0.717, 1.165) is 29.5 Å². The topological polar surface area (TPSA) is 28.2 Å². The molecule has 2 aliphatic rings. The number of pyridine rings is 1. The zero-order valence-electron chi connectivity index (χ0n) is 11.4. The van der Waals surface area contributed by atoms with Crippen LogP contribution in [-0.4, -0.2) is 41.5 Å². The van der Waals surface area contributed by atoms with E-state index in [0.29, 0.717) is 0 Å². The Bertz CT molecular complexity index is 418. The van der Waals surface area contributed by atoms with E-state index in [1.807, 2.05) is 6.20 Å². The SMILES string of the molecule is [As]C1CCN(c2ccnc(NCC3CCCC3)c2)C1. The Morgan fingerprint density at radius 3 is 2.89 bits per heavy atom. The summed E-state index contributed by atoms with van der Waals surface area (Å²) in [5.41, 5.74) is 1.32. The molecule has 0 amide bonds. The summed E-state index contributed by atoms with van der Waals surface area (Å²) in [6, 6.07) is 4.34. The standard InChI is InChI=1S/C15H22AsN3/c16-13-6-8-19(11-13)14-5-7-17-15(9-14)18-10-12-3-1-2-4-12/h5,7,9,12-13H,1-4,6,8,10-11H2,(H,17,18). The van der Waals surface area contributed by atoms with Crippen molar-refractivity contribution >= 4 is 28.4 Å². The fourth-order valence-electron chi connectivity index (χ4n) is 3.15. The second kappa shape index (κ2) is 6.17. The van der Waals surface area contributed by atoms with E-state index in [-0.39, 0.29) is 0 Å². The Labute approximate surface area is 124 Å². The van der Waals surface area contributed by atoms with Crippen LogP contribution in [-0.2, 0) is 0 Å². The van der Waals surface area contributed by atoms with E-state index in [9.17, 15) is 0 Å². The molecule has 3 rings (SSSR count). The van der Waals surface area contributed by atoms with Gasteiger partial charge in [-0.2, -0.15) is 0 Å². The summed E-state index contributed by atoms with van der Waals surface area (Å²) < 4.78 is 0.760. The molecular formula is C15H22AsN3. The van der Waals surface area contributed by atoms with E-state index in [1.165, 1.54) is 44.3 Å². The first-order valence-corrected chi connectivity index (χ1v) is 8.52. The second-order valence-electron chi connectivity index (χ2n) is 5.82. The number of hydrogen-bond donors (Lipinski definition) is 1. The summed E-state index contributed by atoms with van der Waals surface area (Å²) in [4.78, 5) is 6.91. The fraction of sp³-hybridized carbons (Fsp3) is 0.667. The molecule has 1 aliphatic heterocycles. The molecule has 1 unspecified atom stereocenters. The Morgan fingerprint density at radius 2 is 2.16 bits per heavy atom. The van der Waals surface area contributed by atoms with Gasteiger partial charge in [0.1, 0.15) is 0 Å². The van der Waals surface area contributed by atoms with Crippen molar-refractivity contribution in [3.05, 3.63) is 18.3 Å². The molecule has 19 heavy (non-hydrogen) atoms. The molecule has 0 bridgehead atoms. The third kappa shape index (κ3) is 3.45. The van der Waals surface area contributed by atoms with Crippen LogP contribution in [0.25, 0.3) is 0 Å². The first-order chi connectivity index (χ1) is 9.31. The third-order valence-electron chi connectivity index (χ3n) is 4.32. The number of rotatable bonds is 4. The Morgan fingerprint density at radius 1 is 1.32 bits per heavy atom. The molecule has 1 N–H and O–H groups in total. The maximum atomic E-state index is 4.45. The molecule has 0 spiro atoms. The average Bonchev–Trinajstić information content (AvgIpc) is 3.08. The molecule has 1 atom stereocenters. The van der Waals surface area contributed by atoms with Crippen LogP contribution >= 0.6 is 0 Å². The number of nitrogens with zero attached hydrogens (tertiary/aromatic N) is 2. The third-order valence-corrected chi connectivity index (χ3v) is 5.20. The van der Waals surface area contributed by atoms with E-state index in [4.69, 9.17) is 0 Å². The van der Waals surface area contributed by atoms with Crippen molar-refractivity contribution in [3.63, 3.8) is 0 Å². The van der Waals surface area contributed by atoms with Crippen LogP contribution < -0.4 is 10.2 Å². The molecule has 102 valence electrons. The van der Waals surface area contributed by atoms with Crippen LogP contribution in [0.5, 0.6) is 0 Å². The molecule has 0 aromatic carbocycles. The first kappa shape index (κ1) is 13.3. The Hall–Kier alpha value is -0.692. The van der Waals surface area contributed by atoms with Crippen molar-refractivity contribution in [2.75, 3.05) is 29.9 Å². The molecule has 1 aliphatic carbocycles. The first-order valence-electron chi connectivity index (χ1n) is 7.44. The molecule has 1 saturated heterocycles. The van der Waals surface area contributed by atoms with Gasteiger partial charge >= 0.3 is 124 Å². The van der Waals surface area contributed by atoms with Crippen molar-refractivity contribution < 1.29 is 0 Å². The number of nitrogens with one attached hydrogen (secondary N) is 1. The molecular weight excluding hydrogens is 297 g/mol. The van der Waals surface area contributed by atoms with Gasteiger partial charge in [-0.3, -0.25) is 0 Å². The monoisotopic (exact) mass is 319 g/mol. The summed E-state index contributed by atoms with van der Waals surface area (Å²) in [5, 5.41) is 3.52. The zero-order valence-corrected chi connectivity index (χ0v) is 13.3. The maximum absolute atomic E-state index is 4.45. The number of anilines is 2. The normalized spacial score (nSPS) is 24.1. The summed E-state index contributed by atoms with van der Waals surface area (Å²) in [6.45, 7) is 3.42. The van der Waals surface area contributed by atoms with Crippen molar-refractivity contribution in [2.45, 2.75) is 36.8 Å². The summed E-state index contributed by atoms with van der Waals surface area (Å²) in [7, 11) is 0. The Balaban J connectivity index is 1.59. The predicted molar refractivity (Wildman–Crippen MR) is 81.0 cm³/mol. The molecule has 1 saturated carbocycles. The van der Waals surface area contributed by atoms with Crippen LogP contribution in [0.4, 0.5) is 11.5 Å². The van der Waals surface area contributed by atoms with Crippen LogP contribution in [0.2, 0.25) is 4.71 Å². The number of hydrogen-bond acceptors (Lipinski definition) is 3. The molecule has 2 heterocycles. The van der Waals surface area contributed by atoms with E-state index in [2.05, 4.69) is 44.2 Å². The molecule has 1 aromatic rings. The van der Waals surface area contributed by atoms with Gasteiger partial charge in [0.15, 0.2) is 0 Å². The minimum atomic E-state index is 0.760. The van der Waals surface area contributed by atoms with Crippen LogP contribution in [0.15, 0.2) is 18.3 Å². The fourth-order valence-corrected chi connectivity index (χ4v) is 3.81.